The lowest BCUT2D eigenvalue weighted by Crippen LogP contribution is -2.19. The van der Waals surface area contributed by atoms with E-state index in [1.165, 1.54) is 0 Å². The van der Waals surface area contributed by atoms with Gasteiger partial charge in [-0.3, -0.25) is 0 Å². The minimum atomic E-state index is 0.688. The molecular weight excluding hydrogens is 256 g/mol. The molecule has 4 aromatic rings. The maximum atomic E-state index is 4.25. The van der Waals surface area contributed by atoms with Crippen LogP contribution in [0.3, 0.4) is 0 Å². The highest BCUT2D eigenvalue weighted by Crippen LogP contribution is 1.98. The summed E-state index contributed by atoms with van der Waals surface area (Å²) >= 11 is 0. The molecule has 8 nitrogen and oxygen atoms in total. The summed E-state index contributed by atoms with van der Waals surface area (Å²) in [6, 6.07) is 3.71. The lowest BCUT2D eigenvalue weighted by atomic mass is 10.7. The maximum absolute atomic E-state index is 4.25. The van der Waals surface area contributed by atoms with Crippen LogP contribution in [0.1, 0.15) is 0 Å². The van der Waals surface area contributed by atoms with E-state index in [-0.39, 0.29) is 0 Å². The first-order chi connectivity index (χ1) is 9.92. The van der Waals surface area contributed by atoms with Crippen molar-refractivity contribution in [2.75, 3.05) is 0 Å². The highest BCUT2D eigenvalue weighted by molar-refractivity contribution is 5.17. The maximum Gasteiger partial charge on any atom is 0.428 e. The Balaban J connectivity index is 1.78. The Morgan fingerprint density at radius 3 is 1.75 bits per heavy atom. The molecule has 0 amide bonds. The minimum absolute atomic E-state index is 0.688. The average molecular weight is 266 g/mol. The van der Waals surface area contributed by atoms with Gasteiger partial charge in [0, 0.05) is 22.6 Å². The Kier molecular flexibility index (Phi) is 2.25. The predicted octanol–water partition coefficient (Wildman–Crippen LogP) is 0.236. The average Bonchev–Trinajstić information content (AvgIpc) is 3.09. The highest BCUT2D eigenvalue weighted by Gasteiger charge is 2.11. The molecule has 8 heteroatoms. The highest BCUT2D eigenvalue weighted by atomic mass is 15.6. The summed E-state index contributed by atoms with van der Waals surface area (Å²) in [7, 11) is 0. The lowest BCUT2D eigenvalue weighted by molar-refractivity contribution is -0.513. The van der Waals surface area contributed by atoms with Crippen molar-refractivity contribution in [3.8, 4) is 0 Å². The summed E-state index contributed by atoms with van der Waals surface area (Å²) in [4.78, 5) is 8.49. The smallest absolute Gasteiger partial charge is 0.204 e. The van der Waals surface area contributed by atoms with E-state index in [0.29, 0.717) is 11.6 Å². The van der Waals surface area contributed by atoms with Crippen molar-refractivity contribution in [2.45, 2.75) is 0 Å². The van der Waals surface area contributed by atoms with Crippen molar-refractivity contribution in [2.24, 2.45) is 10.4 Å². The number of aromatic nitrogens is 6. The van der Waals surface area contributed by atoms with Gasteiger partial charge in [0.25, 0.3) is 0 Å². The first kappa shape index (κ1) is 10.7. The first-order valence-corrected chi connectivity index (χ1v) is 6.01. The van der Waals surface area contributed by atoms with Crippen LogP contribution in [0.5, 0.6) is 0 Å². The van der Waals surface area contributed by atoms with E-state index in [1.54, 1.807) is 34.1 Å². The van der Waals surface area contributed by atoms with Crippen LogP contribution in [0.25, 0.3) is 11.6 Å². The molecule has 0 radical (unpaired) electrons. The number of hydrogen-bond donors (Lipinski definition) is 0. The van der Waals surface area contributed by atoms with E-state index in [1.807, 2.05) is 45.7 Å². The van der Waals surface area contributed by atoms with Gasteiger partial charge in [0.15, 0.2) is 0 Å². The standard InChI is InChI=1S/C12H10N8/c1-3-13-11-17(5-1)7-9-19(11)15-16-20-10-8-18-6-2-4-14-12(18)20/h1-10H/q+2. The topological polar surface area (TPSA) is 68.6 Å². The van der Waals surface area contributed by atoms with E-state index in [9.17, 15) is 0 Å². The number of imidazole rings is 2. The fourth-order valence-corrected chi connectivity index (χ4v) is 1.97. The third kappa shape index (κ3) is 1.62. The molecule has 0 spiro atoms. The molecule has 4 aromatic heterocycles. The van der Waals surface area contributed by atoms with Crippen molar-refractivity contribution in [1.82, 2.24) is 19.3 Å². The van der Waals surface area contributed by atoms with E-state index < -0.39 is 0 Å². The summed E-state index contributed by atoms with van der Waals surface area (Å²) in [5.41, 5.74) is 0. The summed E-state index contributed by atoms with van der Waals surface area (Å²) in [5.74, 6) is 1.38. The van der Waals surface area contributed by atoms with Crippen molar-refractivity contribution < 1.29 is 8.80 Å². The zero-order valence-corrected chi connectivity index (χ0v) is 10.4. The van der Waals surface area contributed by atoms with Gasteiger partial charge in [0.05, 0.1) is 12.4 Å². The molecule has 0 unspecified atom stereocenters. The van der Waals surface area contributed by atoms with E-state index in [4.69, 9.17) is 0 Å². The summed E-state index contributed by atoms with van der Waals surface area (Å²) in [5, 5.41) is 8.31. The molecule has 0 saturated heterocycles. The van der Waals surface area contributed by atoms with Crippen LogP contribution in [0.4, 0.5) is 0 Å². The van der Waals surface area contributed by atoms with Gasteiger partial charge in [0.2, 0.25) is 0 Å². The van der Waals surface area contributed by atoms with E-state index >= 15 is 0 Å². The molecule has 0 saturated carbocycles. The molecule has 0 fully saturated rings. The second-order valence-electron chi connectivity index (χ2n) is 4.12. The molecular formula is C12H10N8+2. The number of nitrogens with zero attached hydrogens (tertiary/aromatic N) is 8. The Morgan fingerprint density at radius 2 is 1.25 bits per heavy atom. The van der Waals surface area contributed by atoms with Crippen LogP contribution in [0, 0.1) is 0 Å². The van der Waals surface area contributed by atoms with Gasteiger partial charge in [-0.1, -0.05) is 19.3 Å². The molecule has 4 rings (SSSR count). The number of rotatable bonds is 2. The zero-order chi connectivity index (χ0) is 13.4. The fourth-order valence-electron chi connectivity index (χ4n) is 1.97. The van der Waals surface area contributed by atoms with Gasteiger partial charge in [-0.2, -0.15) is 0 Å². The second-order valence-corrected chi connectivity index (χ2v) is 4.12. The molecule has 96 valence electrons. The quantitative estimate of drug-likeness (QED) is 0.385. The Morgan fingerprint density at radius 1 is 0.750 bits per heavy atom. The number of fused-ring (bicyclic) bond motifs is 2. The van der Waals surface area contributed by atoms with Crippen molar-refractivity contribution in [3.05, 3.63) is 61.7 Å². The monoisotopic (exact) mass is 266 g/mol. The van der Waals surface area contributed by atoms with Crippen LogP contribution in [-0.2, 0) is 0 Å². The fraction of sp³-hybridized carbons (Fsp3) is 0. The van der Waals surface area contributed by atoms with E-state index in [2.05, 4.69) is 20.4 Å². The van der Waals surface area contributed by atoms with E-state index in [0.717, 1.165) is 0 Å². The molecule has 0 bridgehead atoms. The number of hydrogen-bond acceptors (Lipinski definition) is 4. The zero-order valence-electron chi connectivity index (χ0n) is 10.4. The molecule has 0 aliphatic rings. The summed E-state index contributed by atoms with van der Waals surface area (Å²) in [6.07, 6.45) is 14.5. The minimum Gasteiger partial charge on any atom is -0.204 e. The predicted molar refractivity (Wildman–Crippen MR) is 66.4 cm³/mol. The normalized spacial score (nSPS) is 11.8. The second kappa shape index (κ2) is 4.19. The molecule has 4 heterocycles. The van der Waals surface area contributed by atoms with Crippen LogP contribution in [-0.4, -0.2) is 19.3 Å². The van der Waals surface area contributed by atoms with Crippen LogP contribution in [0.2, 0.25) is 0 Å². The molecule has 0 N–H and O–H groups in total. The van der Waals surface area contributed by atoms with Crippen LogP contribution in [0.15, 0.2) is 72.2 Å². The largest absolute Gasteiger partial charge is 0.428 e. The molecule has 0 aliphatic carbocycles. The lowest BCUT2D eigenvalue weighted by Gasteiger charge is -1.86. The third-order valence-electron chi connectivity index (χ3n) is 2.89. The van der Waals surface area contributed by atoms with Crippen LogP contribution >= 0.6 is 0 Å². The SMILES string of the molecule is c1cnc2n(N=Nn3cc[n+]4cccnc34)cc[n+]2c1. The summed E-state index contributed by atoms with van der Waals surface area (Å²) in [6.45, 7) is 0. The molecule has 0 aliphatic heterocycles. The molecule has 20 heavy (non-hydrogen) atoms. The third-order valence-corrected chi connectivity index (χ3v) is 2.89. The summed E-state index contributed by atoms with van der Waals surface area (Å²) < 4.78 is 6.92. The molecule has 0 aromatic carbocycles. The van der Waals surface area contributed by atoms with Gasteiger partial charge in [-0.15, -0.1) is 0 Å². The first-order valence-electron chi connectivity index (χ1n) is 6.01. The van der Waals surface area contributed by atoms with Gasteiger partial charge >= 0.3 is 11.6 Å². The van der Waals surface area contributed by atoms with Crippen molar-refractivity contribution in [3.63, 3.8) is 0 Å². The van der Waals surface area contributed by atoms with Crippen molar-refractivity contribution in [1.29, 1.82) is 0 Å². The Bertz CT molecular complexity index is 843. The van der Waals surface area contributed by atoms with Gasteiger partial charge in [-0.25, -0.2) is 8.80 Å². The molecule has 0 atom stereocenters. The Labute approximate surface area is 112 Å². The van der Waals surface area contributed by atoms with Gasteiger partial charge in [-0.05, 0) is 0 Å². The van der Waals surface area contributed by atoms with Crippen molar-refractivity contribution >= 4 is 11.6 Å². The van der Waals surface area contributed by atoms with Crippen LogP contribution < -0.4 is 8.80 Å². The Hall–Kier alpha value is -3.16. The van der Waals surface area contributed by atoms with Gasteiger partial charge in [0.1, 0.15) is 37.2 Å². The van der Waals surface area contributed by atoms with Gasteiger partial charge < -0.3 is 0 Å².